The Balaban J connectivity index is 1.75. The fourth-order valence-electron chi connectivity index (χ4n) is 2.68. The van der Waals surface area contributed by atoms with Crippen molar-refractivity contribution in [1.29, 1.82) is 0 Å². The summed E-state index contributed by atoms with van der Waals surface area (Å²) in [6, 6.07) is 7.58. The minimum absolute atomic E-state index is 0.00650. The highest BCUT2D eigenvalue weighted by atomic mass is 16.6. The molecule has 0 bridgehead atoms. The number of hydrogen-bond donors (Lipinski definition) is 2. The van der Waals surface area contributed by atoms with Crippen LogP contribution < -0.4 is 11.1 Å². The molecule has 0 saturated heterocycles. The van der Waals surface area contributed by atoms with E-state index < -0.39 is 10.5 Å². The fourth-order valence-corrected chi connectivity index (χ4v) is 2.68. The predicted octanol–water partition coefficient (Wildman–Crippen LogP) is 1.64. The molecule has 24 heavy (non-hydrogen) atoms. The average Bonchev–Trinajstić information content (AvgIpc) is 3.32. The Morgan fingerprint density at radius 2 is 2.08 bits per heavy atom. The third-order valence-electron chi connectivity index (χ3n) is 4.45. The molecule has 1 atom stereocenters. The summed E-state index contributed by atoms with van der Waals surface area (Å²) < 4.78 is 1.51. The first-order valence-corrected chi connectivity index (χ1v) is 7.76. The molecule has 126 valence electrons. The third-order valence-corrected chi connectivity index (χ3v) is 4.45. The average molecular weight is 329 g/mol. The maximum absolute atomic E-state index is 12.4. The van der Waals surface area contributed by atoms with E-state index in [1.54, 1.807) is 24.4 Å². The summed E-state index contributed by atoms with van der Waals surface area (Å²) in [6.07, 6.45) is 3.80. The Bertz CT molecular complexity index is 766. The molecule has 2 aromatic rings. The molecule has 0 spiro atoms. The van der Waals surface area contributed by atoms with Crippen molar-refractivity contribution in [3.05, 3.63) is 52.3 Å². The topological polar surface area (TPSA) is 116 Å². The number of nitro benzene ring substituents is 1. The van der Waals surface area contributed by atoms with Gasteiger partial charge >= 0.3 is 0 Å². The highest BCUT2D eigenvalue weighted by Crippen LogP contribution is 2.39. The van der Waals surface area contributed by atoms with Gasteiger partial charge < -0.3 is 11.1 Å². The Labute approximate surface area is 138 Å². The Morgan fingerprint density at radius 3 is 2.62 bits per heavy atom. The van der Waals surface area contributed by atoms with Crippen LogP contribution in [-0.4, -0.2) is 32.7 Å². The van der Waals surface area contributed by atoms with Crippen LogP contribution >= 0.6 is 0 Å². The van der Waals surface area contributed by atoms with Gasteiger partial charge in [0.1, 0.15) is 0 Å². The van der Waals surface area contributed by atoms with E-state index in [4.69, 9.17) is 5.73 Å². The number of benzene rings is 1. The number of aromatic nitrogens is 2. The van der Waals surface area contributed by atoms with Gasteiger partial charge in [-0.2, -0.15) is 5.10 Å². The molecular weight excluding hydrogens is 310 g/mol. The van der Waals surface area contributed by atoms with E-state index >= 15 is 0 Å². The summed E-state index contributed by atoms with van der Waals surface area (Å²) in [5.74, 6) is 0.152. The van der Waals surface area contributed by atoms with Crippen molar-refractivity contribution in [3.8, 4) is 5.69 Å². The molecule has 1 aliphatic rings. The number of nitrogens with one attached hydrogen (secondary N) is 1. The van der Waals surface area contributed by atoms with Crippen molar-refractivity contribution in [2.75, 3.05) is 6.54 Å². The van der Waals surface area contributed by atoms with Gasteiger partial charge in [0.25, 0.3) is 11.6 Å². The van der Waals surface area contributed by atoms with Gasteiger partial charge in [-0.05, 0) is 43.9 Å². The van der Waals surface area contributed by atoms with E-state index in [0.717, 1.165) is 12.8 Å². The SMILES string of the molecule is CC(CN)(NC(=O)c1ccn(-c2ccc([N+](=O)[O-])cc2)n1)C1CC1. The first-order valence-electron chi connectivity index (χ1n) is 7.76. The summed E-state index contributed by atoms with van der Waals surface area (Å²) >= 11 is 0. The second kappa shape index (κ2) is 6.04. The van der Waals surface area contributed by atoms with Crippen LogP contribution in [0.5, 0.6) is 0 Å². The lowest BCUT2D eigenvalue weighted by Gasteiger charge is -2.29. The van der Waals surface area contributed by atoms with Crippen LogP contribution in [0, 0.1) is 16.0 Å². The van der Waals surface area contributed by atoms with Crippen molar-refractivity contribution in [3.63, 3.8) is 0 Å². The summed E-state index contributed by atoms with van der Waals surface area (Å²) in [5.41, 5.74) is 6.34. The Hall–Kier alpha value is -2.74. The minimum Gasteiger partial charge on any atom is -0.344 e. The van der Waals surface area contributed by atoms with E-state index in [1.165, 1.54) is 16.8 Å². The van der Waals surface area contributed by atoms with E-state index in [1.807, 2.05) is 6.92 Å². The summed E-state index contributed by atoms with van der Waals surface area (Å²) in [5, 5.41) is 17.9. The van der Waals surface area contributed by atoms with Gasteiger partial charge in [-0.3, -0.25) is 14.9 Å². The quantitative estimate of drug-likeness (QED) is 0.617. The molecule has 0 radical (unpaired) electrons. The standard InChI is InChI=1S/C16H19N5O3/c1-16(10-17,11-2-3-11)18-15(22)14-8-9-20(19-14)12-4-6-13(7-5-12)21(23)24/h4-9,11H,2-3,10,17H2,1H3,(H,18,22). The van der Waals surface area contributed by atoms with Gasteiger partial charge in [0, 0.05) is 24.9 Å². The first-order chi connectivity index (χ1) is 11.4. The van der Waals surface area contributed by atoms with Crippen molar-refractivity contribution >= 4 is 11.6 Å². The molecule has 3 rings (SSSR count). The van der Waals surface area contributed by atoms with Crippen LogP contribution in [0.15, 0.2) is 36.5 Å². The molecule has 1 unspecified atom stereocenters. The second-order valence-corrected chi connectivity index (χ2v) is 6.27. The molecule has 3 N–H and O–H groups in total. The van der Waals surface area contributed by atoms with Crippen molar-refractivity contribution in [1.82, 2.24) is 15.1 Å². The summed E-state index contributed by atoms with van der Waals surface area (Å²) in [7, 11) is 0. The molecular formula is C16H19N5O3. The molecule has 1 aliphatic carbocycles. The molecule has 1 heterocycles. The van der Waals surface area contributed by atoms with Crippen LogP contribution in [0.3, 0.4) is 0 Å². The van der Waals surface area contributed by atoms with Crippen molar-refractivity contribution in [2.45, 2.75) is 25.3 Å². The molecule has 1 amide bonds. The highest BCUT2D eigenvalue weighted by molar-refractivity contribution is 5.92. The van der Waals surface area contributed by atoms with Crippen LogP contribution in [0.1, 0.15) is 30.3 Å². The van der Waals surface area contributed by atoms with Gasteiger partial charge in [0.05, 0.1) is 16.1 Å². The lowest BCUT2D eigenvalue weighted by atomic mass is 9.96. The van der Waals surface area contributed by atoms with Crippen LogP contribution in [0.25, 0.3) is 5.69 Å². The molecule has 1 saturated carbocycles. The number of nitrogens with zero attached hydrogens (tertiary/aromatic N) is 3. The van der Waals surface area contributed by atoms with Crippen molar-refractivity contribution in [2.24, 2.45) is 11.7 Å². The zero-order valence-electron chi connectivity index (χ0n) is 13.3. The molecule has 1 fully saturated rings. The number of hydrogen-bond acceptors (Lipinski definition) is 5. The van der Waals surface area contributed by atoms with Gasteiger partial charge in [0.2, 0.25) is 0 Å². The highest BCUT2D eigenvalue weighted by Gasteiger charge is 2.41. The Kier molecular flexibility index (Phi) is 4.06. The van der Waals surface area contributed by atoms with E-state index in [0.29, 0.717) is 18.2 Å². The maximum Gasteiger partial charge on any atom is 0.272 e. The number of rotatable bonds is 6. The normalized spacial score (nSPS) is 16.4. The zero-order valence-corrected chi connectivity index (χ0v) is 13.3. The van der Waals surface area contributed by atoms with Crippen LogP contribution in [0.2, 0.25) is 0 Å². The lowest BCUT2D eigenvalue weighted by molar-refractivity contribution is -0.384. The number of nitrogens with two attached hydrogens (primary N) is 1. The second-order valence-electron chi connectivity index (χ2n) is 6.27. The fraction of sp³-hybridized carbons (Fsp3) is 0.375. The molecule has 8 heteroatoms. The Morgan fingerprint density at radius 1 is 1.42 bits per heavy atom. The summed E-state index contributed by atoms with van der Waals surface area (Å²) in [6.45, 7) is 2.34. The predicted molar refractivity (Wildman–Crippen MR) is 87.9 cm³/mol. The smallest absolute Gasteiger partial charge is 0.272 e. The van der Waals surface area contributed by atoms with Gasteiger partial charge in [-0.15, -0.1) is 0 Å². The van der Waals surface area contributed by atoms with Crippen molar-refractivity contribution < 1.29 is 9.72 Å². The van der Waals surface area contributed by atoms with Crippen LogP contribution in [-0.2, 0) is 0 Å². The van der Waals surface area contributed by atoms with Gasteiger partial charge in [0.15, 0.2) is 5.69 Å². The van der Waals surface area contributed by atoms with E-state index in [-0.39, 0.29) is 17.3 Å². The van der Waals surface area contributed by atoms with Gasteiger partial charge in [-0.25, -0.2) is 4.68 Å². The largest absolute Gasteiger partial charge is 0.344 e. The number of non-ortho nitro benzene ring substituents is 1. The number of nitro groups is 1. The molecule has 1 aromatic heterocycles. The van der Waals surface area contributed by atoms with Crippen LogP contribution in [0.4, 0.5) is 5.69 Å². The maximum atomic E-state index is 12.4. The van der Waals surface area contributed by atoms with E-state index in [2.05, 4.69) is 10.4 Å². The number of amides is 1. The minimum atomic E-state index is -0.461. The monoisotopic (exact) mass is 329 g/mol. The molecule has 1 aromatic carbocycles. The molecule has 0 aliphatic heterocycles. The van der Waals surface area contributed by atoms with Gasteiger partial charge in [-0.1, -0.05) is 0 Å². The number of carbonyl (C=O) groups excluding carboxylic acids is 1. The number of carbonyl (C=O) groups is 1. The lowest BCUT2D eigenvalue weighted by Crippen LogP contribution is -2.53. The molecule has 8 nitrogen and oxygen atoms in total. The zero-order chi connectivity index (χ0) is 17.3. The third kappa shape index (κ3) is 3.13. The first kappa shape index (κ1) is 16.1. The summed E-state index contributed by atoms with van der Waals surface area (Å²) in [4.78, 5) is 22.6. The van der Waals surface area contributed by atoms with E-state index in [9.17, 15) is 14.9 Å².